The van der Waals surface area contributed by atoms with Crippen molar-refractivity contribution in [3.8, 4) is 0 Å². The van der Waals surface area contributed by atoms with Crippen LogP contribution >= 0.6 is 0 Å². The van der Waals surface area contributed by atoms with Gasteiger partial charge in [0.2, 0.25) is 15.9 Å². The Kier molecular flexibility index (Phi) is 3.45. The number of sulfonamides is 1. The van der Waals surface area contributed by atoms with E-state index in [9.17, 15) is 13.2 Å². The van der Waals surface area contributed by atoms with E-state index in [1.54, 1.807) is 0 Å². The Morgan fingerprint density at radius 2 is 2.04 bits per heavy atom. The van der Waals surface area contributed by atoms with Crippen LogP contribution in [0.2, 0.25) is 0 Å². The molecular formula is C16H23N3O4S. The van der Waals surface area contributed by atoms with E-state index < -0.39 is 15.4 Å². The van der Waals surface area contributed by atoms with Gasteiger partial charge in [0.05, 0.1) is 12.3 Å². The van der Waals surface area contributed by atoms with Gasteiger partial charge < -0.3 is 4.52 Å². The zero-order chi connectivity index (χ0) is 17.2. The van der Waals surface area contributed by atoms with Crippen LogP contribution in [0.1, 0.15) is 63.6 Å². The average molecular weight is 353 g/mol. The molecular weight excluding hydrogens is 330 g/mol. The van der Waals surface area contributed by atoms with Crippen molar-refractivity contribution in [3.63, 3.8) is 0 Å². The predicted octanol–water partition coefficient (Wildman–Crippen LogP) is 1.76. The van der Waals surface area contributed by atoms with Gasteiger partial charge in [-0.15, -0.1) is 0 Å². The topological polar surface area (TPSA) is 102 Å². The lowest BCUT2D eigenvalue weighted by Crippen LogP contribution is -2.45. The van der Waals surface area contributed by atoms with Gasteiger partial charge in [-0.2, -0.15) is 4.98 Å². The summed E-state index contributed by atoms with van der Waals surface area (Å²) in [5.74, 6) is 1.54. The van der Waals surface area contributed by atoms with Crippen LogP contribution in [0.3, 0.4) is 0 Å². The highest BCUT2D eigenvalue weighted by Gasteiger charge is 2.65. The van der Waals surface area contributed by atoms with Crippen molar-refractivity contribution < 1.29 is 17.7 Å². The molecule has 3 aliphatic rings. The number of carbonyl (C=O) groups is 1. The molecule has 132 valence electrons. The SMILES string of the molecule is CC1(C)C2CC[C@@]1(CS(=O)(=O)NCc1noc(C3CC3)n1)C(=O)C2. The van der Waals surface area contributed by atoms with Crippen LogP contribution in [0.4, 0.5) is 0 Å². The minimum absolute atomic E-state index is 0.00663. The first-order valence-corrected chi connectivity index (χ1v) is 10.2. The summed E-state index contributed by atoms with van der Waals surface area (Å²) in [5.41, 5.74) is -1.01. The number of ketones is 1. The molecule has 7 nitrogen and oxygen atoms in total. The molecule has 8 heteroatoms. The number of nitrogens with one attached hydrogen (secondary N) is 1. The Morgan fingerprint density at radius 3 is 2.62 bits per heavy atom. The van der Waals surface area contributed by atoms with E-state index in [0.717, 1.165) is 19.3 Å². The second-order valence-electron chi connectivity index (χ2n) is 8.07. The summed E-state index contributed by atoms with van der Waals surface area (Å²) in [7, 11) is -3.60. The first-order chi connectivity index (χ1) is 11.2. The first-order valence-electron chi connectivity index (χ1n) is 8.57. The summed E-state index contributed by atoms with van der Waals surface area (Å²) in [5, 5.41) is 3.82. The van der Waals surface area contributed by atoms with Crippen molar-refractivity contribution in [2.45, 2.75) is 58.4 Å². The largest absolute Gasteiger partial charge is 0.339 e. The minimum atomic E-state index is -3.60. The summed E-state index contributed by atoms with van der Waals surface area (Å²) in [6, 6.07) is 0. The number of nitrogens with zero attached hydrogens (tertiary/aromatic N) is 2. The number of rotatable bonds is 6. The fourth-order valence-electron chi connectivity index (χ4n) is 4.49. The predicted molar refractivity (Wildman–Crippen MR) is 85.5 cm³/mol. The van der Waals surface area contributed by atoms with Gasteiger partial charge in [0.25, 0.3) is 0 Å². The zero-order valence-corrected chi connectivity index (χ0v) is 14.9. The number of Topliss-reactive ketones (excluding diaryl/α,β-unsaturated/α-hetero) is 1. The van der Waals surface area contributed by atoms with Crippen LogP contribution in [0, 0.1) is 16.7 Å². The minimum Gasteiger partial charge on any atom is -0.339 e. The molecule has 2 atom stereocenters. The lowest BCUT2D eigenvalue weighted by atomic mass is 9.70. The third kappa shape index (κ3) is 2.42. The first kappa shape index (κ1) is 16.2. The Labute approximate surface area is 141 Å². The van der Waals surface area contributed by atoms with Crippen LogP contribution in [0.15, 0.2) is 4.52 Å². The van der Waals surface area contributed by atoms with Gasteiger partial charge in [-0.25, -0.2) is 13.1 Å². The van der Waals surface area contributed by atoms with Crippen LogP contribution in [-0.2, 0) is 21.4 Å². The summed E-state index contributed by atoms with van der Waals surface area (Å²) >= 11 is 0. The second-order valence-corrected chi connectivity index (χ2v) is 9.88. The summed E-state index contributed by atoms with van der Waals surface area (Å²) in [6.45, 7) is 4.07. The average Bonchev–Trinajstić information content (AvgIpc) is 3.16. The van der Waals surface area contributed by atoms with E-state index in [2.05, 4.69) is 14.9 Å². The highest BCUT2D eigenvalue weighted by Crippen LogP contribution is 2.64. The van der Waals surface area contributed by atoms with E-state index in [1.807, 2.05) is 13.8 Å². The normalized spacial score (nSPS) is 31.8. The van der Waals surface area contributed by atoms with E-state index in [0.29, 0.717) is 36.4 Å². The fraction of sp³-hybridized carbons (Fsp3) is 0.812. The van der Waals surface area contributed by atoms with E-state index >= 15 is 0 Å². The fourth-order valence-corrected chi connectivity index (χ4v) is 6.27. The van der Waals surface area contributed by atoms with Gasteiger partial charge in [-0.3, -0.25) is 4.79 Å². The Balaban J connectivity index is 1.46. The summed E-state index contributed by atoms with van der Waals surface area (Å²) < 4.78 is 32.8. The van der Waals surface area contributed by atoms with Crippen LogP contribution in [0.25, 0.3) is 0 Å². The molecule has 24 heavy (non-hydrogen) atoms. The maximum atomic E-state index is 12.6. The molecule has 1 aromatic heterocycles. The Bertz CT molecular complexity index is 781. The van der Waals surface area contributed by atoms with Gasteiger partial charge in [-0.05, 0) is 37.0 Å². The third-order valence-electron chi connectivity index (χ3n) is 6.44. The van der Waals surface area contributed by atoms with Crippen molar-refractivity contribution in [2.24, 2.45) is 16.7 Å². The molecule has 0 aliphatic heterocycles. The van der Waals surface area contributed by atoms with Gasteiger partial charge >= 0.3 is 0 Å². The molecule has 0 aromatic carbocycles. The molecule has 0 saturated heterocycles. The smallest absolute Gasteiger partial charge is 0.229 e. The van der Waals surface area contributed by atoms with Crippen molar-refractivity contribution in [1.29, 1.82) is 0 Å². The van der Waals surface area contributed by atoms with Crippen LogP contribution in [-0.4, -0.2) is 30.1 Å². The number of carbonyl (C=O) groups excluding carboxylic acids is 1. The zero-order valence-electron chi connectivity index (χ0n) is 14.0. The maximum absolute atomic E-state index is 12.6. The molecule has 0 radical (unpaired) electrons. The quantitative estimate of drug-likeness (QED) is 0.836. The highest BCUT2D eigenvalue weighted by atomic mass is 32.2. The van der Waals surface area contributed by atoms with Gasteiger partial charge in [0.1, 0.15) is 5.78 Å². The maximum Gasteiger partial charge on any atom is 0.229 e. The summed E-state index contributed by atoms with van der Waals surface area (Å²) in [6.07, 6.45) is 4.21. The molecule has 0 spiro atoms. The van der Waals surface area contributed by atoms with Gasteiger partial charge in [0, 0.05) is 17.8 Å². The molecule has 2 bridgehead atoms. The molecule has 1 aromatic rings. The molecule has 1 heterocycles. The van der Waals surface area contributed by atoms with E-state index in [4.69, 9.17) is 4.52 Å². The standard InChI is InChI=1S/C16H23N3O4S/c1-15(2)11-5-6-16(15,12(20)7-11)9-24(21,22)17-8-13-18-14(23-19-13)10-3-4-10/h10-11,17H,3-9H2,1-2H3/t11?,16-/m1/s1. The van der Waals surface area contributed by atoms with Crippen molar-refractivity contribution >= 4 is 15.8 Å². The summed E-state index contributed by atoms with van der Waals surface area (Å²) in [4.78, 5) is 16.7. The number of hydrogen-bond donors (Lipinski definition) is 1. The third-order valence-corrected chi connectivity index (χ3v) is 7.89. The molecule has 4 rings (SSSR count). The van der Waals surface area contributed by atoms with Gasteiger partial charge in [-0.1, -0.05) is 19.0 Å². The van der Waals surface area contributed by atoms with Crippen LogP contribution in [0.5, 0.6) is 0 Å². The number of fused-ring (bicyclic) bond motifs is 2. The highest BCUT2D eigenvalue weighted by molar-refractivity contribution is 7.89. The molecule has 3 saturated carbocycles. The van der Waals surface area contributed by atoms with Crippen LogP contribution < -0.4 is 4.72 Å². The lowest BCUT2D eigenvalue weighted by Gasteiger charge is -2.36. The molecule has 1 N–H and O–H groups in total. The second kappa shape index (κ2) is 5.11. The van der Waals surface area contributed by atoms with Gasteiger partial charge in [0.15, 0.2) is 5.82 Å². The number of hydrogen-bond acceptors (Lipinski definition) is 6. The molecule has 0 amide bonds. The molecule has 1 unspecified atom stereocenters. The molecule has 3 aliphatic carbocycles. The van der Waals surface area contributed by atoms with Crippen molar-refractivity contribution in [3.05, 3.63) is 11.7 Å². The van der Waals surface area contributed by atoms with E-state index in [1.165, 1.54) is 0 Å². The van der Waals surface area contributed by atoms with Crippen molar-refractivity contribution in [2.75, 3.05) is 5.75 Å². The Hall–Kier alpha value is -1.28. The number of aromatic nitrogens is 2. The van der Waals surface area contributed by atoms with E-state index in [-0.39, 0.29) is 23.5 Å². The lowest BCUT2D eigenvalue weighted by molar-refractivity contribution is -0.128. The monoisotopic (exact) mass is 353 g/mol. The molecule has 3 fully saturated rings. The Morgan fingerprint density at radius 1 is 1.29 bits per heavy atom. The van der Waals surface area contributed by atoms with Crippen molar-refractivity contribution in [1.82, 2.24) is 14.9 Å².